The molecule has 0 aliphatic carbocycles. The number of alkyl halides is 3. The van der Waals surface area contributed by atoms with Crippen LogP contribution in [0.4, 0.5) is 13.2 Å². The van der Waals surface area contributed by atoms with Gasteiger partial charge >= 0.3 is 6.18 Å². The normalized spacial score (nSPS) is 20.2. The number of nitrogens with zero attached hydrogens (tertiary/aromatic N) is 3. The van der Waals surface area contributed by atoms with Gasteiger partial charge in [-0.1, -0.05) is 19.9 Å². The molecule has 1 aliphatic rings. The highest BCUT2D eigenvalue weighted by molar-refractivity contribution is 5.95. The highest BCUT2D eigenvalue weighted by Gasteiger charge is 2.51. The van der Waals surface area contributed by atoms with Crippen LogP contribution in [0.5, 0.6) is 0 Å². The van der Waals surface area contributed by atoms with Crippen LogP contribution in [0.1, 0.15) is 36.5 Å². The topological polar surface area (TPSA) is 59.2 Å². The van der Waals surface area contributed by atoms with Gasteiger partial charge in [-0.3, -0.25) is 4.79 Å². The van der Waals surface area contributed by atoms with Gasteiger partial charge in [-0.15, -0.1) is 10.2 Å². The molecular weight excluding hydrogens is 347 g/mol. The summed E-state index contributed by atoms with van der Waals surface area (Å²) < 4.78 is 45.0. The van der Waals surface area contributed by atoms with Gasteiger partial charge in [0.05, 0.1) is 5.92 Å². The molecule has 1 aromatic carbocycles. The molecule has 140 valence electrons. The van der Waals surface area contributed by atoms with Gasteiger partial charge in [-0.2, -0.15) is 13.2 Å². The van der Waals surface area contributed by atoms with Crippen LogP contribution in [0, 0.1) is 18.3 Å². The Kier molecular flexibility index (Phi) is 4.54. The number of aromatic nitrogens is 2. The zero-order chi connectivity index (χ0) is 19.1. The van der Waals surface area contributed by atoms with Gasteiger partial charge < -0.3 is 9.32 Å². The largest absolute Gasteiger partial charge is 0.421 e. The Balaban J connectivity index is 1.80. The van der Waals surface area contributed by atoms with Gasteiger partial charge in [0.15, 0.2) is 0 Å². The second-order valence-electron chi connectivity index (χ2n) is 7.31. The summed E-state index contributed by atoms with van der Waals surface area (Å²) in [5.41, 5.74) is -0.0478. The first-order valence-corrected chi connectivity index (χ1v) is 8.34. The standard InChI is InChI=1S/C18H20F3N3O2/c1-11-22-23-15(26-11)12-5-4-6-13(9-12)16(25)24-8-7-14(18(19,20)21)17(2,3)10-24/h4-6,9,14H,7-8,10H2,1-3H3. The summed E-state index contributed by atoms with van der Waals surface area (Å²) in [6.45, 7) is 4.92. The summed E-state index contributed by atoms with van der Waals surface area (Å²) in [6, 6.07) is 6.69. The zero-order valence-corrected chi connectivity index (χ0v) is 14.8. The molecule has 3 rings (SSSR count). The summed E-state index contributed by atoms with van der Waals surface area (Å²) in [6.07, 6.45) is -4.35. The molecule has 5 nitrogen and oxygen atoms in total. The van der Waals surface area contributed by atoms with Gasteiger partial charge in [0.1, 0.15) is 0 Å². The van der Waals surface area contributed by atoms with Gasteiger partial charge in [0, 0.05) is 31.1 Å². The van der Waals surface area contributed by atoms with E-state index in [1.165, 1.54) is 4.90 Å². The van der Waals surface area contributed by atoms with Crippen LogP contribution in [-0.2, 0) is 0 Å². The van der Waals surface area contributed by atoms with Crippen molar-refractivity contribution in [1.82, 2.24) is 15.1 Å². The van der Waals surface area contributed by atoms with Gasteiger partial charge in [0.2, 0.25) is 11.8 Å². The van der Waals surface area contributed by atoms with E-state index in [4.69, 9.17) is 4.42 Å². The quantitative estimate of drug-likeness (QED) is 0.802. The number of likely N-dealkylation sites (tertiary alicyclic amines) is 1. The Bertz CT molecular complexity index is 814. The molecule has 8 heteroatoms. The summed E-state index contributed by atoms with van der Waals surface area (Å²) in [4.78, 5) is 14.3. The number of carbonyl (C=O) groups is 1. The lowest BCUT2D eigenvalue weighted by atomic mass is 9.73. The summed E-state index contributed by atoms with van der Waals surface area (Å²) in [5.74, 6) is -0.996. The van der Waals surface area contributed by atoms with Crippen molar-refractivity contribution < 1.29 is 22.4 Å². The first-order valence-electron chi connectivity index (χ1n) is 8.34. The van der Waals surface area contributed by atoms with Crippen molar-refractivity contribution in [2.45, 2.75) is 33.4 Å². The lowest BCUT2D eigenvalue weighted by molar-refractivity contribution is -0.214. The number of amides is 1. The number of hydrogen-bond acceptors (Lipinski definition) is 4. The lowest BCUT2D eigenvalue weighted by Crippen LogP contribution is -2.52. The van der Waals surface area contributed by atoms with E-state index in [1.807, 2.05) is 0 Å². The molecule has 0 saturated carbocycles. The Morgan fingerprint density at radius 2 is 2.04 bits per heavy atom. The SMILES string of the molecule is Cc1nnc(-c2cccc(C(=O)N3CCC(C(F)(F)F)C(C)(C)C3)c2)o1. The zero-order valence-electron chi connectivity index (χ0n) is 14.8. The highest BCUT2D eigenvalue weighted by atomic mass is 19.4. The van der Waals surface area contributed by atoms with E-state index >= 15 is 0 Å². The minimum absolute atomic E-state index is 0.0555. The number of rotatable bonds is 2. The van der Waals surface area contributed by atoms with E-state index in [-0.39, 0.29) is 25.4 Å². The van der Waals surface area contributed by atoms with Crippen molar-refractivity contribution in [1.29, 1.82) is 0 Å². The molecule has 1 fully saturated rings. The Hall–Kier alpha value is -2.38. The van der Waals surface area contributed by atoms with Gasteiger partial charge in [-0.25, -0.2) is 0 Å². The molecule has 1 atom stereocenters. The highest BCUT2D eigenvalue weighted by Crippen LogP contribution is 2.45. The Labute approximate surface area is 149 Å². The molecule has 2 aromatic rings. The van der Waals surface area contributed by atoms with Crippen LogP contribution in [0.25, 0.3) is 11.5 Å². The Morgan fingerprint density at radius 1 is 1.31 bits per heavy atom. The van der Waals surface area contributed by atoms with Crippen molar-refractivity contribution in [3.63, 3.8) is 0 Å². The number of carbonyl (C=O) groups excluding carboxylic acids is 1. The number of piperidine rings is 1. The first-order chi connectivity index (χ1) is 12.1. The fraction of sp³-hybridized carbons (Fsp3) is 0.500. The van der Waals surface area contributed by atoms with Crippen LogP contribution >= 0.6 is 0 Å². The molecular formula is C18H20F3N3O2. The van der Waals surface area contributed by atoms with E-state index in [9.17, 15) is 18.0 Å². The van der Waals surface area contributed by atoms with E-state index in [0.29, 0.717) is 22.9 Å². The summed E-state index contributed by atoms with van der Waals surface area (Å²) >= 11 is 0. The van der Waals surface area contributed by atoms with Crippen molar-refractivity contribution in [2.24, 2.45) is 11.3 Å². The third kappa shape index (κ3) is 3.59. The second kappa shape index (κ2) is 6.41. The number of benzene rings is 1. The fourth-order valence-corrected chi connectivity index (χ4v) is 3.52. The molecule has 0 bridgehead atoms. The van der Waals surface area contributed by atoms with Crippen molar-refractivity contribution in [3.8, 4) is 11.5 Å². The average molecular weight is 367 g/mol. The monoisotopic (exact) mass is 367 g/mol. The van der Waals surface area contributed by atoms with Crippen molar-refractivity contribution in [3.05, 3.63) is 35.7 Å². The van der Waals surface area contributed by atoms with Crippen LogP contribution in [0.3, 0.4) is 0 Å². The first kappa shape index (κ1) is 18.4. The average Bonchev–Trinajstić information content (AvgIpc) is 2.98. The maximum absolute atomic E-state index is 13.2. The second-order valence-corrected chi connectivity index (χ2v) is 7.31. The molecule has 1 aromatic heterocycles. The number of halogens is 3. The van der Waals surface area contributed by atoms with E-state index in [2.05, 4.69) is 10.2 Å². The van der Waals surface area contributed by atoms with Crippen molar-refractivity contribution >= 4 is 5.91 Å². The molecule has 0 N–H and O–H groups in total. The number of aryl methyl sites for hydroxylation is 1. The van der Waals surface area contributed by atoms with Gasteiger partial charge in [-0.05, 0) is 30.0 Å². The minimum atomic E-state index is -4.26. The van der Waals surface area contributed by atoms with E-state index in [0.717, 1.165) is 0 Å². The third-order valence-corrected chi connectivity index (χ3v) is 4.79. The number of hydrogen-bond donors (Lipinski definition) is 0. The van der Waals surface area contributed by atoms with Crippen LogP contribution in [0.15, 0.2) is 28.7 Å². The fourth-order valence-electron chi connectivity index (χ4n) is 3.52. The van der Waals surface area contributed by atoms with Gasteiger partial charge in [0.25, 0.3) is 5.91 Å². The van der Waals surface area contributed by atoms with Crippen LogP contribution in [-0.4, -0.2) is 40.3 Å². The van der Waals surface area contributed by atoms with Crippen molar-refractivity contribution in [2.75, 3.05) is 13.1 Å². The van der Waals surface area contributed by atoms with Crippen LogP contribution in [0.2, 0.25) is 0 Å². The van der Waals surface area contributed by atoms with E-state index < -0.39 is 17.5 Å². The summed E-state index contributed by atoms with van der Waals surface area (Å²) in [5, 5.41) is 7.68. The lowest BCUT2D eigenvalue weighted by Gasteiger charge is -2.44. The minimum Gasteiger partial charge on any atom is -0.421 e. The molecule has 26 heavy (non-hydrogen) atoms. The summed E-state index contributed by atoms with van der Waals surface area (Å²) in [7, 11) is 0. The predicted octanol–water partition coefficient (Wildman–Crippen LogP) is 4.10. The predicted molar refractivity (Wildman–Crippen MR) is 88.3 cm³/mol. The Morgan fingerprint density at radius 3 is 2.62 bits per heavy atom. The molecule has 0 spiro atoms. The molecule has 1 amide bonds. The molecule has 2 heterocycles. The molecule has 1 aliphatic heterocycles. The molecule has 1 saturated heterocycles. The smallest absolute Gasteiger partial charge is 0.392 e. The van der Waals surface area contributed by atoms with Crippen LogP contribution < -0.4 is 0 Å². The molecule has 0 radical (unpaired) electrons. The third-order valence-electron chi connectivity index (χ3n) is 4.79. The van der Waals surface area contributed by atoms with E-state index in [1.54, 1.807) is 45.0 Å². The maximum Gasteiger partial charge on any atom is 0.392 e. The maximum atomic E-state index is 13.2. The molecule has 1 unspecified atom stereocenters.